The van der Waals surface area contributed by atoms with Crippen LogP contribution in [0.5, 0.6) is 5.88 Å². The van der Waals surface area contributed by atoms with E-state index in [0.29, 0.717) is 5.56 Å². The van der Waals surface area contributed by atoms with Crippen LogP contribution >= 0.6 is 0 Å². The molecule has 0 aliphatic rings. The van der Waals surface area contributed by atoms with E-state index in [2.05, 4.69) is 5.10 Å². The van der Waals surface area contributed by atoms with E-state index >= 15 is 0 Å². The molecule has 0 atom stereocenters. The average Bonchev–Trinajstić information content (AvgIpc) is 3.19. The molecule has 0 saturated carbocycles. The van der Waals surface area contributed by atoms with E-state index in [1.54, 1.807) is 23.9 Å². The maximum absolute atomic E-state index is 12.3. The molecule has 0 spiro atoms. The quantitative estimate of drug-likeness (QED) is 0.426. The molecule has 1 aromatic heterocycles. The second-order valence-corrected chi connectivity index (χ2v) is 6.54. The molecule has 1 heterocycles. The number of rotatable bonds is 4. The number of hydrogen-bond acceptors (Lipinski definition) is 6. The normalized spacial score (nSPS) is 9.90. The summed E-state index contributed by atoms with van der Waals surface area (Å²) >= 11 is 0. The van der Waals surface area contributed by atoms with Gasteiger partial charge in [-0.15, -0.1) is 5.10 Å². The fraction of sp³-hybridized carbons (Fsp3) is 0.143. The zero-order valence-electron chi connectivity index (χ0n) is 17.1. The van der Waals surface area contributed by atoms with Crippen LogP contribution < -0.4 is 10.5 Å². The van der Waals surface area contributed by atoms with E-state index in [1.807, 2.05) is 30.3 Å². The van der Waals surface area contributed by atoms with Crippen molar-refractivity contribution in [2.75, 3.05) is 19.8 Å². The Morgan fingerprint density at radius 1 is 1.06 bits per heavy atom. The number of carboxylic acids is 1. The highest BCUT2D eigenvalue weighted by Gasteiger charge is 2.17. The number of para-hydroxylation sites is 1. The van der Waals surface area contributed by atoms with Crippen molar-refractivity contribution in [3.8, 4) is 11.6 Å². The van der Waals surface area contributed by atoms with Gasteiger partial charge >= 0.3 is 18.0 Å². The van der Waals surface area contributed by atoms with Crippen LogP contribution in [-0.2, 0) is 0 Å². The molecule has 31 heavy (non-hydrogen) atoms. The molecule has 3 rings (SSSR count). The molecule has 10 heteroatoms. The molecule has 1 amide bonds. The van der Waals surface area contributed by atoms with Crippen LogP contribution in [0.3, 0.4) is 0 Å². The molecule has 0 bridgehead atoms. The molecule has 0 aliphatic carbocycles. The van der Waals surface area contributed by atoms with Gasteiger partial charge in [0.25, 0.3) is 0 Å². The van der Waals surface area contributed by atoms with Crippen LogP contribution in [0.25, 0.3) is 5.69 Å². The lowest BCUT2D eigenvalue weighted by molar-refractivity contribution is 0.0696. The Hall–Kier alpha value is -4.34. The van der Waals surface area contributed by atoms with Crippen LogP contribution in [0.15, 0.2) is 54.7 Å². The first-order chi connectivity index (χ1) is 14.6. The van der Waals surface area contributed by atoms with Crippen LogP contribution in [-0.4, -0.2) is 57.0 Å². The SMILES string of the molecule is CN(C)C(=O)O.Cc1c(N)cc(C(=O)Oc2ccn(-c3ccccc3)n2)cc1C(=O)O. The Morgan fingerprint density at radius 3 is 2.23 bits per heavy atom. The maximum Gasteiger partial charge on any atom is 0.406 e. The van der Waals surface area contributed by atoms with Crippen molar-refractivity contribution in [2.24, 2.45) is 0 Å². The summed E-state index contributed by atoms with van der Waals surface area (Å²) in [7, 11) is 2.95. The number of nitrogens with zero attached hydrogens (tertiary/aromatic N) is 3. The number of nitrogens with two attached hydrogens (primary N) is 1. The molecule has 10 nitrogen and oxygen atoms in total. The summed E-state index contributed by atoms with van der Waals surface area (Å²) in [6, 6.07) is 13.5. The number of nitrogen functional groups attached to an aromatic ring is 1. The molecule has 0 saturated heterocycles. The first-order valence-electron chi connectivity index (χ1n) is 8.97. The lowest BCUT2D eigenvalue weighted by atomic mass is 10.0. The Balaban J connectivity index is 0.000000501. The third kappa shape index (κ3) is 6.07. The number of amides is 1. The Labute approximate surface area is 178 Å². The first kappa shape index (κ1) is 22.9. The number of aromatic nitrogens is 2. The summed E-state index contributed by atoms with van der Waals surface area (Å²) in [5, 5.41) is 21.3. The topological polar surface area (TPSA) is 148 Å². The van der Waals surface area contributed by atoms with Gasteiger partial charge in [-0.25, -0.2) is 19.1 Å². The predicted molar refractivity (Wildman–Crippen MR) is 113 cm³/mol. The van der Waals surface area contributed by atoms with Gasteiger partial charge in [0, 0.05) is 32.0 Å². The standard InChI is InChI=1S/C18H15N3O4.C3H7NO2/c1-11-14(17(22)23)9-12(10-15(11)19)18(24)25-16-7-8-21(20-16)13-5-3-2-4-6-13;1-4(2)3(5)6/h2-10H,19H2,1H3,(H,22,23);1-2H3,(H,5,6). The van der Waals surface area contributed by atoms with Gasteiger partial charge in [-0.2, -0.15) is 0 Å². The highest BCUT2D eigenvalue weighted by atomic mass is 16.5. The highest BCUT2D eigenvalue weighted by molar-refractivity contribution is 5.98. The van der Waals surface area contributed by atoms with Gasteiger partial charge in [0.1, 0.15) is 0 Å². The second kappa shape index (κ2) is 9.92. The van der Waals surface area contributed by atoms with Gasteiger partial charge in [0.15, 0.2) is 0 Å². The number of esters is 1. The number of anilines is 1. The van der Waals surface area contributed by atoms with Crippen LogP contribution in [0.4, 0.5) is 10.5 Å². The summed E-state index contributed by atoms with van der Waals surface area (Å²) in [4.78, 5) is 34.2. The van der Waals surface area contributed by atoms with Crippen LogP contribution in [0.2, 0.25) is 0 Å². The van der Waals surface area contributed by atoms with Gasteiger partial charge in [-0.1, -0.05) is 18.2 Å². The molecule has 0 fully saturated rings. The van der Waals surface area contributed by atoms with E-state index in [4.69, 9.17) is 15.6 Å². The van der Waals surface area contributed by atoms with Crippen molar-refractivity contribution in [1.29, 1.82) is 0 Å². The molecular weight excluding hydrogens is 404 g/mol. The lowest BCUT2D eigenvalue weighted by Crippen LogP contribution is -2.18. The molecule has 2 aromatic carbocycles. The van der Waals surface area contributed by atoms with Gasteiger partial charge in [-0.05, 0) is 36.8 Å². The highest BCUT2D eigenvalue weighted by Crippen LogP contribution is 2.21. The zero-order valence-corrected chi connectivity index (χ0v) is 17.1. The summed E-state index contributed by atoms with van der Waals surface area (Å²) in [6.07, 6.45) is 0.749. The third-order valence-electron chi connectivity index (χ3n) is 4.08. The third-order valence-corrected chi connectivity index (χ3v) is 4.08. The van der Waals surface area contributed by atoms with Gasteiger partial charge in [0.2, 0.25) is 5.88 Å². The Bertz CT molecular complexity index is 1090. The summed E-state index contributed by atoms with van der Waals surface area (Å²) in [6.45, 7) is 1.58. The van der Waals surface area contributed by atoms with Crippen molar-refractivity contribution in [3.05, 3.63) is 71.4 Å². The molecule has 4 N–H and O–H groups in total. The smallest absolute Gasteiger partial charge is 0.406 e. The first-order valence-corrected chi connectivity index (χ1v) is 8.97. The zero-order chi connectivity index (χ0) is 23.1. The minimum absolute atomic E-state index is 0.0400. The van der Waals surface area contributed by atoms with Crippen molar-refractivity contribution < 1.29 is 29.3 Å². The van der Waals surface area contributed by atoms with Crippen LogP contribution in [0.1, 0.15) is 26.3 Å². The Kier molecular flexibility index (Phi) is 7.34. The second-order valence-electron chi connectivity index (χ2n) is 6.54. The van der Waals surface area contributed by atoms with E-state index in [-0.39, 0.29) is 22.7 Å². The maximum atomic E-state index is 12.3. The van der Waals surface area contributed by atoms with E-state index < -0.39 is 18.0 Å². The molecule has 162 valence electrons. The van der Waals surface area contributed by atoms with Gasteiger partial charge < -0.3 is 25.6 Å². The Morgan fingerprint density at radius 2 is 1.68 bits per heavy atom. The van der Waals surface area contributed by atoms with E-state index in [9.17, 15) is 19.5 Å². The molecule has 0 aliphatic heterocycles. The number of carbonyl (C=O) groups is 3. The minimum atomic E-state index is -1.16. The number of carbonyl (C=O) groups excluding carboxylic acids is 1. The van der Waals surface area contributed by atoms with E-state index in [0.717, 1.165) is 10.6 Å². The number of carboxylic acid groups (broad SMARTS) is 2. The van der Waals surface area contributed by atoms with Gasteiger partial charge in [-0.3, -0.25) is 0 Å². The number of hydrogen-bond donors (Lipinski definition) is 3. The molecule has 0 unspecified atom stereocenters. The molecule has 0 radical (unpaired) electrons. The molecule has 3 aromatic rings. The monoisotopic (exact) mass is 426 g/mol. The van der Waals surface area contributed by atoms with E-state index in [1.165, 1.54) is 26.2 Å². The van der Waals surface area contributed by atoms with Crippen molar-refractivity contribution in [1.82, 2.24) is 14.7 Å². The fourth-order valence-corrected chi connectivity index (χ4v) is 2.32. The van der Waals surface area contributed by atoms with Gasteiger partial charge in [0.05, 0.1) is 16.8 Å². The predicted octanol–water partition coefficient (Wildman–Crippen LogP) is 2.91. The summed E-state index contributed by atoms with van der Waals surface area (Å²) in [5.74, 6) is -1.79. The summed E-state index contributed by atoms with van der Waals surface area (Å²) < 4.78 is 6.78. The average molecular weight is 426 g/mol. The molecular formula is C21H22N4O6. The number of benzene rings is 2. The van der Waals surface area contributed by atoms with Crippen molar-refractivity contribution in [2.45, 2.75) is 6.92 Å². The number of ether oxygens (including phenoxy) is 1. The minimum Gasteiger partial charge on any atom is -0.478 e. The van der Waals surface area contributed by atoms with Crippen molar-refractivity contribution in [3.63, 3.8) is 0 Å². The van der Waals surface area contributed by atoms with Crippen LogP contribution in [0, 0.1) is 6.92 Å². The number of aromatic carboxylic acids is 1. The van der Waals surface area contributed by atoms with Crippen molar-refractivity contribution >= 4 is 23.7 Å². The fourth-order valence-electron chi connectivity index (χ4n) is 2.32. The summed E-state index contributed by atoms with van der Waals surface area (Å²) in [5.41, 5.74) is 7.22. The lowest BCUT2D eigenvalue weighted by Gasteiger charge is -2.08. The largest absolute Gasteiger partial charge is 0.478 e.